The lowest BCUT2D eigenvalue weighted by molar-refractivity contribution is 0.459. The van der Waals surface area contributed by atoms with Crippen LogP contribution in [0.25, 0.3) is 11.0 Å². The monoisotopic (exact) mass is 287 g/mol. The van der Waals surface area contributed by atoms with Crippen LogP contribution in [0.5, 0.6) is 0 Å². The Hall–Kier alpha value is -1.11. The quantitative estimate of drug-likeness (QED) is 0.935. The van der Waals surface area contributed by atoms with Crippen LogP contribution in [0.3, 0.4) is 0 Å². The highest BCUT2D eigenvalue weighted by Crippen LogP contribution is 2.18. The summed E-state index contributed by atoms with van der Waals surface area (Å²) in [6.07, 6.45) is 0. The minimum atomic E-state index is -3.19. The summed E-state index contributed by atoms with van der Waals surface area (Å²) in [4.78, 5) is 7.38. The number of hydrogen-bond acceptors (Lipinski definition) is 3. The number of sulfonamides is 1. The first-order valence-electron chi connectivity index (χ1n) is 5.50. The Balaban J connectivity index is 2.28. The van der Waals surface area contributed by atoms with Gasteiger partial charge in [0.15, 0.2) is 0 Å². The molecule has 1 N–H and O–H groups in total. The molecule has 0 spiro atoms. The molecule has 0 radical (unpaired) electrons. The highest BCUT2D eigenvalue weighted by atomic mass is 35.5. The Morgan fingerprint density at radius 3 is 2.83 bits per heavy atom. The summed E-state index contributed by atoms with van der Waals surface area (Å²) in [6, 6.07) is 5.31. The van der Waals surface area contributed by atoms with Crippen LogP contribution >= 0.6 is 11.6 Å². The fraction of sp³-hybridized carbons (Fsp3) is 0.364. The van der Waals surface area contributed by atoms with Crippen LogP contribution in [0.4, 0.5) is 0 Å². The molecule has 0 bridgehead atoms. The van der Waals surface area contributed by atoms with Gasteiger partial charge >= 0.3 is 0 Å². The number of halogens is 1. The third kappa shape index (κ3) is 2.66. The van der Waals surface area contributed by atoms with E-state index in [-0.39, 0.29) is 12.3 Å². The van der Waals surface area contributed by atoms with Crippen molar-refractivity contribution >= 4 is 32.7 Å². The highest BCUT2D eigenvalue weighted by Gasteiger charge is 2.16. The molecular formula is C11H14ClN3O2S. The summed E-state index contributed by atoms with van der Waals surface area (Å²) < 4.78 is 24.6. The summed E-state index contributed by atoms with van der Waals surface area (Å²) in [5.74, 6) is 0.682. The van der Waals surface area contributed by atoms with E-state index in [9.17, 15) is 8.42 Å². The smallest absolute Gasteiger partial charge is 0.213 e. The van der Waals surface area contributed by atoms with Crippen LogP contribution in [0, 0.1) is 0 Å². The molecule has 1 heterocycles. The normalized spacial score (nSPS) is 12.4. The number of nitrogens with zero attached hydrogens (tertiary/aromatic N) is 2. The maximum Gasteiger partial charge on any atom is 0.213 e. The zero-order valence-corrected chi connectivity index (χ0v) is 11.7. The number of benzene rings is 1. The fourth-order valence-electron chi connectivity index (χ4n) is 1.64. The van der Waals surface area contributed by atoms with Gasteiger partial charge in [0, 0.05) is 12.1 Å². The Kier molecular flexibility index (Phi) is 3.61. The Morgan fingerprint density at radius 1 is 1.44 bits per heavy atom. The van der Waals surface area contributed by atoms with E-state index in [2.05, 4.69) is 9.97 Å². The molecule has 0 aliphatic carbocycles. The van der Waals surface area contributed by atoms with E-state index in [1.807, 2.05) is 0 Å². The lowest BCUT2D eigenvalue weighted by Gasteiger charge is -2.13. The van der Waals surface area contributed by atoms with Gasteiger partial charge in [0.05, 0.1) is 23.3 Å². The number of aromatic nitrogens is 2. The standard InChI is InChI=1S/C11H14ClN3O2S/c1-3-18(16,17)15(2)7-11-13-9-5-4-8(12)6-10(9)14-11/h4-6H,3,7H2,1-2H3,(H,13,14). The summed E-state index contributed by atoms with van der Waals surface area (Å²) in [7, 11) is -1.65. The lowest BCUT2D eigenvalue weighted by atomic mass is 10.3. The van der Waals surface area contributed by atoms with E-state index in [1.54, 1.807) is 32.2 Å². The highest BCUT2D eigenvalue weighted by molar-refractivity contribution is 7.89. The van der Waals surface area contributed by atoms with E-state index in [4.69, 9.17) is 11.6 Å². The van der Waals surface area contributed by atoms with Crippen molar-refractivity contribution in [3.63, 3.8) is 0 Å². The van der Waals surface area contributed by atoms with Gasteiger partial charge < -0.3 is 4.98 Å². The van der Waals surface area contributed by atoms with Crippen molar-refractivity contribution in [1.29, 1.82) is 0 Å². The summed E-state index contributed by atoms with van der Waals surface area (Å²) in [5, 5.41) is 0.618. The Labute approximate surface area is 111 Å². The number of imidazole rings is 1. The minimum absolute atomic E-state index is 0.0789. The van der Waals surface area contributed by atoms with Crippen molar-refractivity contribution in [3.8, 4) is 0 Å². The third-order valence-corrected chi connectivity index (χ3v) is 4.75. The second-order valence-corrected chi connectivity index (χ2v) is 6.80. The van der Waals surface area contributed by atoms with Gasteiger partial charge in [0.2, 0.25) is 10.0 Å². The summed E-state index contributed by atoms with van der Waals surface area (Å²) >= 11 is 5.87. The van der Waals surface area contributed by atoms with Crippen LogP contribution in [0.1, 0.15) is 12.7 Å². The van der Waals surface area contributed by atoms with Crippen LogP contribution in [-0.4, -0.2) is 35.5 Å². The van der Waals surface area contributed by atoms with Crippen LogP contribution < -0.4 is 0 Å². The molecule has 0 fully saturated rings. The number of aromatic amines is 1. The van der Waals surface area contributed by atoms with Crippen molar-refractivity contribution in [2.45, 2.75) is 13.5 Å². The molecule has 1 aromatic carbocycles. The van der Waals surface area contributed by atoms with Gasteiger partial charge in [-0.3, -0.25) is 0 Å². The molecule has 5 nitrogen and oxygen atoms in total. The molecule has 98 valence electrons. The van der Waals surface area contributed by atoms with E-state index in [0.29, 0.717) is 10.8 Å². The van der Waals surface area contributed by atoms with Gasteiger partial charge in [-0.1, -0.05) is 11.6 Å². The van der Waals surface area contributed by atoms with Gasteiger partial charge in [-0.2, -0.15) is 4.31 Å². The summed E-state index contributed by atoms with van der Waals surface area (Å²) in [5.41, 5.74) is 1.58. The molecule has 0 amide bonds. The Morgan fingerprint density at radius 2 is 2.17 bits per heavy atom. The summed E-state index contributed by atoms with van der Waals surface area (Å²) in [6.45, 7) is 1.84. The fourth-order valence-corrected chi connectivity index (χ4v) is 2.57. The van der Waals surface area contributed by atoms with Gasteiger partial charge in [-0.15, -0.1) is 0 Å². The lowest BCUT2D eigenvalue weighted by Crippen LogP contribution is -2.28. The minimum Gasteiger partial charge on any atom is -0.341 e. The first-order valence-corrected chi connectivity index (χ1v) is 7.49. The molecule has 0 saturated carbocycles. The van der Waals surface area contributed by atoms with Crippen molar-refractivity contribution in [2.75, 3.05) is 12.8 Å². The first-order chi connectivity index (χ1) is 8.42. The largest absolute Gasteiger partial charge is 0.341 e. The number of rotatable bonds is 4. The molecule has 0 saturated heterocycles. The second-order valence-electron chi connectivity index (χ2n) is 4.00. The maximum atomic E-state index is 11.6. The van der Waals surface area contributed by atoms with Crippen molar-refractivity contribution in [3.05, 3.63) is 29.0 Å². The predicted octanol–water partition coefficient (Wildman–Crippen LogP) is 2.00. The SMILES string of the molecule is CCS(=O)(=O)N(C)Cc1nc2ccc(Cl)cc2[nH]1. The average Bonchev–Trinajstić information content (AvgIpc) is 2.70. The topological polar surface area (TPSA) is 66.1 Å². The molecule has 1 aromatic heterocycles. The van der Waals surface area contributed by atoms with Crippen molar-refractivity contribution in [1.82, 2.24) is 14.3 Å². The zero-order valence-electron chi connectivity index (χ0n) is 10.1. The molecule has 18 heavy (non-hydrogen) atoms. The van der Waals surface area contributed by atoms with Gasteiger partial charge in [-0.25, -0.2) is 13.4 Å². The van der Waals surface area contributed by atoms with E-state index >= 15 is 0 Å². The zero-order chi connectivity index (χ0) is 13.3. The Bertz CT molecular complexity index is 666. The van der Waals surface area contributed by atoms with Crippen LogP contribution in [0.2, 0.25) is 5.02 Å². The van der Waals surface area contributed by atoms with E-state index < -0.39 is 10.0 Å². The van der Waals surface area contributed by atoms with Crippen molar-refractivity contribution < 1.29 is 8.42 Å². The van der Waals surface area contributed by atoms with Gasteiger partial charge in [-0.05, 0) is 25.1 Å². The number of fused-ring (bicyclic) bond motifs is 1. The molecule has 7 heteroatoms. The molecule has 2 aromatic rings. The maximum absolute atomic E-state index is 11.6. The second kappa shape index (κ2) is 4.87. The molecule has 0 aliphatic heterocycles. The molecular weight excluding hydrogens is 274 g/mol. The average molecular weight is 288 g/mol. The van der Waals surface area contributed by atoms with Crippen LogP contribution in [-0.2, 0) is 16.6 Å². The molecule has 0 unspecified atom stereocenters. The van der Waals surface area contributed by atoms with E-state index in [0.717, 1.165) is 11.0 Å². The molecule has 2 rings (SSSR count). The molecule has 0 aliphatic rings. The van der Waals surface area contributed by atoms with Crippen molar-refractivity contribution in [2.24, 2.45) is 0 Å². The first kappa shape index (κ1) is 13.3. The van der Waals surface area contributed by atoms with Crippen LogP contribution in [0.15, 0.2) is 18.2 Å². The third-order valence-electron chi connectivity index (χ3n) is 2.71. The molecule has 0 atom stereocenters. The predicted molar refractivity (Wildman–Crippen MR) is 72.0 cm³/mol. The van der Waals surface area contributed by atoms with Gasteiger partial charge in [0.25, 0.3) is 0 Å². The van der Waals surface area contributed by atoms with E-state index in [1.165, 1.54) is 4.31 Å². The number of nitrogens with one attached hydrogen (secondary N) is 1. The van der Waals surface area contributed by atoms with Gasteiger partial charge in [0.1, 0.15) is 5.82 Å². The number of hydrogen-bond donors (Lipinski definition) is 1. The number of H-pyrrole nitrogens is 1.